The van der Waals surface area contributed by atoms with Gasteiger partial charge in [-0.25, -0.2) is 4.79 Å². The number of carbonyl (C=O) groups excluding carboxylic acids is 3. The van der Waals surface area contributed by atoms with Crippen LogP contribution in [-0.2, 0) is 23.8 Å². The number of phenolic OH excluding ortho intramolecular Hbond substituents is 1. The second-order valence-corrected chi connectivity index (χ2v) is 17.8. The SMILES string of the molecule is CCC(C)(C)C(=O)OC(C)(C)CCOC(=O)c1ccccc1.CCC(C)(C)C(=O)OC1(CC)C2CC3CC(C2)CC1C3.CCC(C)c1ccc(O)cc1. The van der Waals surface area contributed by atoms with Crippen LogP contribution in [0.3, 0.4) is 0 Å². The van der Waals surface area contributed by atoms with Crippen LogP contribution in [0.4, 0.5) is 0 Å². The molecule has 1 unspecified atom stereocenters. The summed E-state index contributed by atoms with van der Waals surface area (Å²) in [5, 5.41) is 9.01. The summed E-state index contributed by atoms with van der Waals surface area (Å²) in [6.45, 7) is 22.2. The second kappa shape index (κ2) is 18.8. The Bertz CT molecular complexity index is 1430. The van der Waals surface area contributed by atoms with Crippen LogP contribution in [0.15, 0.2) is 54.6 Å². The van der Waals surface area contributed by atoms with Crippen molar-refractivity contribution in [2.75, 3.05) is 6.61 Å². The van der Waals surface area contributed by atoms with E-state index in [0.717, 1.165) is 31.1 Å². The average molecular weight is 735 g/mol. The van der Waals surface area contributed by atoms with Crippen LogP contribution in [0.5, 0.6) is 5.75 Å². The van der Waals surface area contributed by atoms with Crippen LogP contribution in [0, 0.1) is 34.5 Å². The molecule has 0 radical (unpaired) electrons. The van der Waals surface area contributed by atoms with Gasteiger partial charge in [-0.05, 0) is 159 Å². The maximum absolute atomic E-state index is 12.6. The van der Waals surface area contributed by atoms with Crippen LogP contribution in [0.1, 0.15) is 162 Å². The summed E-state index contributed by atoms with van der Waals surface area (Å²) in [4.78, 5) is 36.6. The van der Waals surface area contributed by atoms with Crippen molar-refractivity contribution in [1.82, 2.24) is 0 Å². The predicted molar refractivity (Wildman–Crippen MR) is 213 cm³/mol. The number of ether oxygens (including phenoxy) is 3. The normalized spacial score (nSPS) is 23.8. The molecule has 0 aliphatic heterocycles. The minimum atomic E-state index is -0.666. The zero-order valence-electron chi connectivity index (χ0n) is 34.8. The predicted octanol–water partition coefficient (Wildman–Crippen LogP) is 11.5. The first kappa shape index (κ1) is 44.0. The summed E-state index contributed by atoms with van der Waals surface area (Å²) < 4.78 is 17.1. The lowest BCUT2D eigenvalue weighted by Gasteiger charge is -2.60. The number of aromatic hydroxyl groups is 1. The van der Waals surface area contributed by atoms with E-state index in [0.29, 0.717) is 41.9 Å². The Kier molecular flexibility index (Phi) is 15.6. The first-order chi connectivity index (χ1) is 24.8. The first-order valence-corrected chi connectivity index (χ1v) is 20.3. The number of esters is 3. The van der Waals surface area contributed by atoms with E-state index in [-0.39, 0.29) is 35.5 Å². The van der Waals surface area contributed by atoms with Gasteiger partial charge in [0.2, 0.25) is 0 Å². The van der Waals surface area contributed by atoms with E-state index in [1.54, 1.807) is 36.4 Å². The third-order valence-electron chi connectivity index (χ3n) is 12.6. The van der Waals surface area contributed by atoms with Crippen molar-refractivity contribution < 1.29 is 33.7 Å². The Balaban J connectivity index is 0.000000225. The van der Waals surface area contributed by atoms with E-state index in [1.807, 2.05) is 66.7 Å². The van der Waals surface area contributed by atoms with Gasteiger partial charge in [0.05, 0.1) is 23.0 Å². The maximum atomic E-state index is 12.6. The third kappa shape index (κ3) is 11.8. The van der Waals surface area contributed by atoms with Crippen molar-refractivity contribution in [3.8, 4) is 5.75 Å². The summed E-state index contributed by atoms with van der Waals surface area (Å²) in [5.74, 6) is 3.51. The quantitative estimate of drug-likeness (QED) is 0.161. The van der Waals surface area contributed by atoms with Crippen molar-refractivity contribution in [3.63, 3.8) is 0 Å². The third-order valence-corrected chi connectivity index (χ3v) is 12.6. The minimum Gasteiger partial charge on any atom is -0.508 e. The van der Waals surface area contributed by atoms with Gasteiger partial charge in [0, 0.05) is 6.42 Å². The molecule has 4 fully saturated rings. The van der Waals surface area contributed by atoms with Crippen LogP contribution >= 0.6 is 0 Å². The van der Waals surface area contributed by atoms with Gasteiger partial charge < -0.3 is 19.3 Å². The van der Waals surface area contributed by atoms with Crippen LogP contribution in [-0.4, -0.2) is 40.8 Å². The van der Waals surface area contributed by atoms with Crippen molar-refractivity contribution in [2.24, 2.45) is 34.5 Å². The van der Waals surface area contributed by atoms with Crippen LogP contribution in [0.2, 0.25) is 0 Å². The molecular weight excluding hydrogens is 664 g/mol. The smallest absolute Gasteiger partial charge is 0.338 e. The number of carbonyl (C=O) groups is 3. The summed E-state index contributed by atoms with van der Waals surface area (Å²) in [5.41, 5.74) is 0.182. The first-order valence-electron chi connectivity index (χ1n) is 20.3. The minimum absolute atomic E-state index is 0.0364. The molecule has 0 spiro atoms. The molecule has 4 bridgehead atoms. The monoisotopic (exact) mass is 735 g/mol. The standard InChI is InChI=1S/C18H26O4.C18H30O2.C10H14O/c1-6-17(2,3)16(20)22-18(4,5)12-13-21-15(19)14-10-8-7-9-11-14;1-5-17(3,4)16(19)20-18(6-2)14-8-12-7-13(10-14)11-15(18)9-12;1-3-8(2)9-4-6-10(11)7-5-9/h7-11H,6,12-13H2,1-5H3;12-15H,5-11H2,1-4H3;4-8,11H,3H2,1-2H3. The summed E-state index contributed by atoms with van der Waals surface area (Å²) >= 11 is 0. The van der Waals surface area contributed by atoms with E-state index in [4.69, 9.17) is 19.3 Å². The zero-order valence-corrected chi connectivity index (χ0v) is 34.8. The van der Waals surface area contributed by atoms with E-state index in [1.165, 1.54) is 37.7 Å². The van der Waals surface area contributed by atoms with Crippen molar-refractivity contribution in [3.05, 3.63) is 65.7 Å². The largest absolute Gasteiger partial charge is 0.508 e. The van der Waals surface area contributed by atoms with Gasteiger partial charge in [0.15, 0.2) is 0 Å². The molecule has 4 aliphatic rings. The Morgan fingerprint density at radius 1 is 0.755 bits per heavy atom. The number of phenols is 1. The fourth-order valence-electron chi connectivity index (χ4n) is 7.92. The fraction of sp³-hybridized carbons (Fsp3) is 0.674. The molecule has 6 rings (SSSR count). The summed E-state index contributed by atoms with van der Waals surface area (Å²) in [7, 11) is 0. The Labute approximate surface area is 321 Å². The molecular formula is C46H70O7. The highest BCUT2D eigenvalue weighted by Crippen LogP contribution is 2.61. The van der Waals surface area contributed by atoms with Gasteiger partial charge in [-0.1, -0.05) is 65.0 Å². The number of rotatable bonds is 13. The van der Waals surface area contributed by atoms with Gasteiger partial charge in [-0.3, -0.25) is 9.59 Å². The molecule has 7 heteroatoms. The number of hydrogen-bond acceptors (Lipinski definition) is 7. The Morgan fingerprint density at radius 3 is 1.74 bits per heavy atom. The van der Waals surface area contributed by atoms with Gasteiger partial charge in [-0.15, -0.1) is 0 Å². The lowest BCUT2D eigenvalue weighted by Crippen LogP contribution is -2.60. The Morgan fingerprint density at radius 2 is 1.26 bits per heavy atom. The molecule has 0 heterocycles. The molecule has 1 N–H and O–H groups in total. The highest BCUT2D eigenvalue weighted by molar-refractivity contribution is 5.89. The second-order valence-electron chi connectivity index (χ2n) is 17.8. The molecule has 0 amide bonds. The van der Waals surface area contributed by atoms with Crippen molar-refractivity contribution in [1.29, 1.82) is 0 Å². The molecule has 2 aromatic carbocycles. The summed E-state index contributed by atoms with van der Waals surface area (Å²) in [6, 6.07) is 16.3. The van der Waals surface area contributed by atoms with Gasteiger partial charge in [0.1, 0.15) is 17.0 Å². The van der Waals surface area contributed by atoms with Gasteiger partial charge >= 0.3 is 17.9 Å². The summed E-state index contributed by atoms with van der Waals surface area (Å²) in [6.07, 6.45) is 10.8. The van der Waals surface area contributed by atoms with Crippen molar-refractivity contribution >= 4 is 17.9 Å². The topological polar surface area (TPSA) is 99.1 Å². The zero-order chi connectivity index (χ0) is 39.6. The van der Waals surface area contributed by atoms with Gasteiger partial charge in [0.25, 0.3) is 0 Å². The van der Waals surface area contributed by atoms with E-state index < -0.39 is 11.0 Å². The lowest BCUT2D eigenvalue weighted by molar-refractivity contribution is -0.218. The van der Waals surface area contributed by atoms with Crippen LogP contribution < -0.4 is 0 Å². The number of hydrogen-bond donors (Lipinski definition) is 1. The molecule has 4 aliphatic carbocycles. The van der Waals surface area contributed by atoms with E-state index in [9.17, 15) is 14.4 Å². The highest BCUT2D eigenvalue weighted by atomic mass is 16.6. The maximum Gasteiger partial charge on any atom is 0.338 e. The molecule has 0 saturated heterocycles. The lowest BCUT2D eigenvalue weighted by atomic mass is 9.49. The molecule has 2 aromatic rings. The van der Waals surface area contributed by atoms with Crippen molar-refractivity contribution in [2.45, 2.75) is 157 Å². The molecule has 4 saturated carbocycles. The fourth-order valence-corrected chi connectivity index (χ4v) is 7.92. The van der Waals surface area contributed by atoms with E-state index >= 15 is 0 Å². The van der Waals surface area contributed by atoms with Gasteiger partial charge in [-0.2, -0.15) is 0 Å². The molecule has 7 nitrogen and oxygen atoms in total. The average Bonchev–Trinajstić information content (AvgIpc) is 3.13. The highest BCUT2D eigenvalue weighted by Gasteiger charge is 2.59. The van der Waals surface area contributed by atoms with Crippen LogP contribution in [0.25, 0.3) is 0 Å². The number of benzene rings is 2. The van der Waals surface area contributed by atoms with E-state index in [2.05, 4.69) is 27.7 Å². The molecule has 53 heavy (non-hydrogen) atoms. The Hall–Kier alpha value is -3.35. The molecule has 296 valence electrons. The molecule has 0 aromatic heterocycles. The molecule has 1 atom stereocenters.